The summed E-state index contributed by atoms with van der Waals surface area (Å²) < 4.78 is 0. The van der Waals surface area contributed by atoms with Crippen LogP contribution in [0.2, 0.25) is 0 Å². The molecule has 2 N–H and O–H groups in total. The van der Waals surface area contributed by atoms with Crippen LogP contribution in [0, 0.1) is 6.92 Å². The van der Waals surface area contributed by atoms with Crippen LogP contribution in [0.1, 0.15) is 29.2 Å². The smallest absolute Gasteiger partial charge is 0.0397 e. The Morgan fingerprint density at radius 2 is 2.07 bits per heavy atom. The predicted octanol–water partition coefficient (Wildman–Crippen LogP) is 2.01. The highest BCUT2D eigenvalue weighted by atomic mass is 15.1. The number of anilines is 1. The summed E-state index contributed by atoms with van der Waals surface area (Å²) in [6.07, 6.45) is 2.23. The number of benzene rings is 1. The number of nitrogens with two attached hydrogens (primary N) is 1. The van der Waals surface area contributed by atoms with Gasteiger partial charge in [-0.15, -0.1) is 0 Å². The molecule has 0 saturated carbocycles. The second-order valence-electron chi connectivity index (χ2n) is 4.33. The van der Waals surface area contributed by atoms with E-state index in [2.05, 4.69) is 38.1 Å². The molecular formula is C12H18N2. The van der Waals surface area contributed by atoms with Crippen LogP contribution in [0.25, 0.3) is 0 Å². The van der Waals surface area contributed by atoms with Crippen LogP contribution in [0.15, 0.2) is 12.1 Å². The van der Waals surface area contributed by atoms with Gasteiger partial charge in [0.15, 0.2) is 0 Å². The molecule has 1 atom stereocenters. The molecule has 2 nitrogen and oxygen atoms in total. The van der Waals surface area contributed by atoms with Crippen molar-refractivity contribution in [2.75, 3.05) is 19.0 Å². The van der Waals surface area contributed by atoms with E-state index in [9.17, 15) is 0 Å². The van der Waals surface area contributed by atoms with Gasteiger partial charge < -0.3 is 10.6 Å². The van der Waals surface area contributed by atoms with Crippen LogP contribution in [0.4, 0.5) is 5.69 Å². The van der Waals surface area contributed by atoms with Gasteiger partial charge >= 0.3 is 0 Å². The monoisotopic (exact) mass is 190 g/mol. The molecule has 0 aliphatic heterocycles. The lowest BCUT2D eigenvalue weighted by molar-refractivity contribution is 0.710. The molecule has 0 aromatic heterocycles. The maximum Gasteiger partial charge on any atom is 0.0397 e. The molecule has 0 bridgehead atoms. The highest BCUT2D eigenvalue weighted by Gasteiger charge is 2.23. The van der Waals surface area contributed by atoms with E-state index in [4.69, 9.17) is 5.73 Å². The van der Waals surface area contributed by atoms with Gasteiger partial charge in [-0.2, -0.15) is 0 Å². The van der Waals surface area contributed by atoms with E-state index in [1.165, 1.54) is 22.4 Å². The summed E-state index contributed by atoms with van der Waals surface area (Å²) in [7, 11) is 4.18. The fraction of sp³-hybridized carbons (Fsp3) is 0.500. The average molecular weight is 190 g/mol. The third-order valence-electron chi connectivity index (χ3n) is 3.11. The van der Waals surface area contributed by atoms with E-state index < -0.39 is 0 Å². The molecule has 76 valence electrons. The van der Waals surface area contributed by atoms with Crippen molar-refractivity contribution in [2.45, 2.75) is 25.8 Å². The molecule has 1 aliphatic carbocycles. The van der Waals surface area contributed by atoms with E-state index >= 15 is 0 Å². The van der Waals surface area contributed by atoms with Gasteiger partial charge in [0.1, 0.15) is 0 Å². The third-order valence-corrected chi connectivity index (χ3v) is 3.11. The predicted molar refractivity (Wildman–Crippen MR) is 60.8 cm³/mol. The van der Waals surface area contributed by atoms with Crippen molar-refractivity contribution < 1.29 is 0 Å². The Morgan fingerprint density at radius 1 is 1.36 bits per heavy atom. The van der Waals surface area contributed by atoms with Crippen molar-refractivity contribution in [3.63, 3.8) is 0 Å². The normalized spacial score (nSPS) is 19.6. The minimum absolute atomic E-state index is 0.255. The molecule has 0 spiro atoms. The topological polar surface area (TPSA) is 29.3 Å². The highest BCUT2D eigenvalue weighted by Crippen LogP contribution is 2.37. The maximum atomic E-state index is 6.10. The Balaban J connectivity index is 2.59. The molecule has 0 unspecified atom stereocenters. The van der Waals surface area contributed by atoms with Crippen LogP contribution < -0.4 is 10.6 Å². The molecule has 0 fully saturated rings. The number of fused-ring (bicyclic) bond motifs is 1. The van der Waals surface area contributed by atoms with Crippen LogP contribution in [0.5, 0.6) is 0 Å². The first kappa shape index (κ1) is 9.53. The minimum atomic E-state index is 0.255. The van der Waals surface area contributed by atoms with Gasteiger partial charge in [0.05, 0.1) is 0 Å². The summed E-state index contributed by atoms with van der Waals surface area (Å²) >= 11 is 0. The Bertz CT molecular complexity index is 356. The molecule has 0 saturated heterocycles. The lowest BCUT2D eigenvalue weighted by Gasteiger charge is -2.19. The zero-order chi connectivity index (χ0) is 10.3. The van der Waals surface area contributed by atoms with Crippen molar-refractivity contribution in [2.24, 2.45) is 5.73 Å². The highest BCUT2D eigenvalue weighted by molar-refractivity contribution is 5.60. The van der Waals surface area contributed by atoms with Crippen LogP contribution in [-0.2, 0) is 6.42 Å². The zero-order valence-electron chi connectivity index (χ0n) is 9.17. The van der Waals surface area contributed by atoms with E-state index in [1.54, 1.807) is 0 Å². The molecule has 0 amide bonds. The molecule has 0 radical (unpaired) electrons. The van der Waals surface area contributed by atoms with Gasteiger partial charge in [-0.05, 0) is 42.5 Å². The van der Waals surface area contributed by atoms with Gasteiger partial charge in [0.25, 0.3) is 0 Å². The SMILES string of the molecule is Cc1ccc(N(C)C)c2c1[C@@H](N)CC2. The lowest BCUT2D eigenvalue weighted by Crippen LogP contribution is -2.12. The van der Waals surface area contributed by atoms with Crippen molar-refractivity contribution >= 4 is 5.69 Å². The van der Waals surface area contributed by atoms with E-state index in [0.29, 0.717) is 0 Å². The van der Waals surface area contributed by atoms with Gasteiger partial charge in [-0.1, -0.05) is 6.07 Å². The lowest BCUT2D eigenvalue weighted by atomic mass is 10.0. The number of hydrogen-bond donors (Lipinski definition) is 1. The molecular weight excluding hydrogens is 172 g/mol. The quantitative estimate of drug-likeness (QED) is 0.734. The third kappa shape index (κ3) is 1.30. The molecule has 14 heavy (non-hydrogen) atoms. The first-order chi connectivity index (χ1) is 6.61. The van der Waals surface area contributed by atoms with Gasteiger partial charge in [0, 0.05) is 25.8 Å². The van der Waals surface area contributed by atoms with Gasteiger partial charge in [-0.3, -0.25) is 0 Å². The second-order valence-corrected chi connectivity index (χ2v) is 4.33. The zero-order valence-corrected chi connectivity index (χ0v) is 9.17. The number of aryl methyl sites for hydroxylation is 1. The van der Waals surface area contributed by atoms with E-state index in [1.807, 2.05) is 0 Å². The maximum absolute atomic E-state index is 6.10. The van der Waals surface area contributed by atoms with Crippen molar-refractivity contribution in [3.05, 3.63) is 28.8 Å². The fourth-order valence-corrected chi connectivity index (χ4v) is 2.41. The molecule has 1 aromatic rings. The average Bonchev–Trinajstić information content (AvgIpc) is 2.49. The fourth-order valence-electron chi connectivity index (χ4n) is 2.41. The van der Waals surface area contributed by atoms with Gasteiger partial charge in [-0.25, -0.2) is 0 Å². The molecule has 2 rings (SSSR count). The van der Waals surface area contributed by atoms with Gasteiger partial charge in [0.2, 0.25) is 0 Å². The van der Waals surface area contributed by atoms with Crippen molar-refractivity contribution in [1.82, 2.24) is 0 Å². The summed E-state index contributed by atoms with van der Waals surface area (Å²) in [5.74, 6) is 0. The largest absolute Gasteiger partial charge is 0.377 e. The molecule has 1 aliphatic rings. The van der Waals surface area contributed by atoms with Crippen LogP contribution >= 0.6 is 0 Å². The van der Waals surface area contributed by atoms with Crippen LogP contribution in [-0.4, -0.2) is 14.1 Å². The van der Waals surface area contributed by atoms with E-state index in [-0.39, 0.29) is 6.04 Å². The van der Waals surface area contributed by atoms with Crippen LogP contribution in [0.3, 0.4) is 0 Å². The van der Waals surface area contributed by atoms with Crippen molar-refractivity contribution in [3.8, 4) is 0 Å². The summed E-state index contributed by atoms with van der Waals surface area (Å²) in [6.45, 7) is 2.16. The minimum Gasteiger partial charge on any atom is -0.377 e. The standard InChI is InChI=1S/C12H18N2/c1-8-4-7-11(14(2)3)9-5-6-10(13)12(8)9/h4,7,10H,5-6,13H2,1-3H3/t10-/m0/s1. The Hall–Kier alpha value is -1.02. The summed E-state index contributed by atoms with van der Waals surface area (Å²) in [5.41, 5.74) is 11.6. The van der Waals surface area contributed by atoms with Crippen molar-refractivity contribution in [1.29, 1.82) is 0 Å². The number of rotatable bonds is 1. The molecule has 2 heteroatoms. The molecule has 0 heterocycles. The summed E-state index contributed by atoms with van der Waals surface area (Å²) in [5, 5.41) is 0. The first-order valence-electron chi connectivity index (χ1n) is 5.16. The number of hydrogen-bond acceptors (Lipinski definition) is 2. The van der Waals surface area contributed by atoms with E-state index in [0.717, 1.165) is 12.8 Å². The first-order valence-corrected chi connectivity index (χ1v) is 5.16. The summed E-state index contributed by atoms with van der Waals surface area (Å²) in [4.78, 5) is 2.18. The Morgan fingerprint density at radius 3 is 2.71 bits per heavy atom. The molecule has 1 aromatic carbocycles. The second kappa shape index (κ2) is 3.28. The number of nitrogens with zero attached hydrogens (tertiary/aromatic N) is 1. The Labute approximate surface area is 85.7 Å². The summed E-state index contributed by atoms with van der Waals surface area (Å²) in [6, 6.07) is 4.64. The Kier molecular flexibility index (Phi) is 2.23.